The molecule has 0 spiro atoms. The number of aromatic nitrogens is 3. The quantitative estimate of drug-likeness (QED) is 0.499. The van der Waals surface area contributed by atoms with Crippen molar-refractivity contribution < 1.29 is 17.5 Å². The van der Waals surface area contributed by atoms with E-state index in [0.29, 0.717) is 11.4 Å². The minimum Gasteiger partial charge on any atom is -0.439 e. The first-order valence-corrected chi connectivity index (χ1v) is 10.3. The topological polar surface area (TPSA) is 94.1 Å². The van der Waals surface area contributed by atoms with E-state index in [9.17, 15) is 12.8 Å². The number of sulfonamides is 1. The van der Waals surface area contributed by atoms with Gasteiger partial charge in [0.25, 0.3) is 10.0 Å². The van der Waals surface area contributed by atoms with Crippen LogP contribution in [-0.4, -0.2) is 23.4 Å². The molecular formula is C21H15FN4O3S. The van der Waals surface area contributed by atoms with Crippen LogP contribution < -0.4 is 9.46 Å². The third kappa shape index (κ3) is 4.58. The molecule has 1 N–H and O–H groups in total. The van der Waals surface area contributed by atoms with Crippen LogP contribution in [0.2, 0.25) is 0 Å². The van der Waals surface area contributed by atoms with Crippen LogP contribution in [0.5, 0.6) is 11.6 Å². The Bertz CT molecular complexity index is 1250. The van der Waals surface area contributed by atoms with Gasteiger partial charge in [-0.25, -0.2) is 22.5 Å². The lowest BCUT2D eigenvalue weighted by Crippen LogP contribution is -2.15. The summed E-state index contributed by atoms with van der Waals surface area (Å²) in [4.78, 5) is 12.4. The van der Waals surface area contributed by atoms with Crippen molar-refractivity contribution in [1.29, 1.82) is 0 Å². The number of benzene rings is 2. The number of nitrogens with zero attached hydrogens (tertiary/aromatic N) is 3. The number of anilines is 1. The number of nitrogens with one attached hydrogen (secondary N) is 1. The Balaban J connectivity index is 1.74. The molecule has 4 rings (SSSR count). The van der Waals surface area contributed by atoms with Crippen LogP contribution in [0.1, 0.15) is 0 Å². The first-order valence-electron chi connectivity index (χ1n) is 8.81. The monoisotopic (exact) mass is 422 g/mol. The van der Waals surface area contributed by atoms with E-state index in [0.717, 1.165) is 6.20 Å². The number of pyridine rings is 1. The molecule has 0 radical (unpaired) electrons. The Kier molecular flexibility index (Phi) is 5.36. The molecule has 0 aliphatic carbocycles. The molecule has 7 nitrogen and oxygen atoms in total. The van der Waals surface area contributed by atoms with Gasteiger partial charge in [-0.05, 0) is 36.4 Å². The maximum atomic E-state index is 13.2. The van der Waals surface area contributed by atoms with Gasteiger partial charge >= 0.3 is 0 Å². The summed E-state index contributed by atoms with van der Waals surface area (Å²) in [6, 6.07) is 20.9. The summed E-state index contributed by atoms with van der Waals surface area (Å²) in [5.41, 5.74) is 0.596. The van der Waals surface area contributed by atoms with Gasteiger partial charge in [0.05, 0.1) is 22.5 Å². The van der Waals surface area contributed by atoms with Crippen molar-refractivity contribution in [1.82, 2.24) is 15.0 Å². The Hall–Kier alpha value is -3.85. The zero-order valence-corrected chi connectivity index (χ0v) is 16.3. The van der Waals surface area contributed by atoms with Crippen molar-refractivity contribution >= 4 is 16.0 Å². The molecule has 0 saturated carbocycles. The largest absolute Gasteiger partial charge is 0.439 e. The van der Waals surface area contributed by atoms with Gasteiger partial charge in [-0.15, -0.1) is 0 Å². The molecule has 2 aromatic carbocycles. The number of ether oxygens (including phenoxy) is 1. The summed E-state index contributed by atoms with van der Waals surface area (Å²) in [5, 5.41) is 0. The van der Waals surface area contributed by atoms with Gasteiger partial charge in [0, 0.05) is 6.07 Å². The van der Waals surface area contributed by atoms with E-state index in [1.165, 1.54) is 30.3 Å². The van der Waals surface area contributed by atoms with Gasteiger partial charge in [-0.1, -0.05) is 36.4 Å². The highest BCUT2D eigenvalue weighted by Gasteiger charge is 2.18. The first kappa shape index (κ1) is 19.5. The summed E-state index contributed by atoms with van der Waals surface area (Å²) < 4.78 is 46.7. The summed E-state index contributed by atoms with van der Waals surface area (Å²) >= 11 is 0. The zero-order valence-electron chi connectivity index (χ0n) is 15.4. The lowest BCUT2D eigenvalue weighted by atomic mass is 10.2. The second kappa shape index (κ2) is 8.26. The van der Waals surface area contributed by atoms with Gasteiger partial charge in [0.1, 0.15) is 11.6 Å². The van der Waals surface area contributed by atoms with E-state index in [1.54, 1.807) is 42.5 Å². The maximum absolute atomic E-state index is 13.2. The molecule has 9 heteroatoms. The molecule has 0 saturated heterocycles. The van der Waals surface area contributed by atoms with Crippen LogP contribution in [0.4, 0.5) is 10.3 Å². The molecule has 150 valence electrons. The van der Waals surface area contributed by atoms with Crippen molar-refractivity contribution in [2.75, 3.05) is 4.72 Å². The van der Waals surface area contributed by atoms with Crippen LogP contribution in [0.15, 0.2) is 90.0 Å². The number of rotatable bonds is 6. The molecule has 2 heterocycles. The van der Waals surface area contributed by atoms with E-state index >= 15 is 0 Å². The number of hydrogen-bond donors (Lipinski definition) is 1. The van der Waals surface area contributed by atoms with E-state index in [2.05, 4.69) is 19.7 Å². The van der Waals surface area contributed by atoms with Crippen molar-refractivity contribution in [2.24, 2.45) is 0 Å². The maximum Gasteiger partial charge on any atom is 0.264 e. The van der Waals surface area contributed by atoms with Crippen LogP contribution in [0.25, 0.3) is 11.4 Å². The summed E-state index contributed by atoms with van der Waals surface area (Å²) in [7, 11) is -3.92. The average Bonchev–Trinajstić information content (AvgIpc) is 2.75. The Labute approximate surface area is 172 Å². The second-order valence-corrected chi connectivity index (χ2v) is 7.79. The SMILES string of the molecule is O=S(=O)(Nc1nc(Oc2ccccc2)cc(-c2ccc(F)cn2)n1)c1ccccc1. The highest BCUT2D eigenvalue weighted by atomic mass is 32.2. The number of para-hydroxylation sites is 1. The molecule has 0 atom stereocenters. The lowest BCUT2D eigenvalue weighted by molar-refractivity contribution is 0.463. The van der Waals surface area contributed by atoms with E-state index in [-0.39, 0.29) is 22.4 Å². The highest BCUT2D eigenvalue weighted by Crippen LogP contribution is 2.26. The third-order valence-electron chi connectivity index (χ3n) is 3.94. The Morgan fingerprint density at radius 2 is 1.53 bits per heavy atom. The fraction of sp³-hybridized carbons (Fsp3) is 0. The fourth-order valence-electron chi connectivity index (χ4n) is 2.57. The Morgan fingerprint density at radius 3 is 2.20 bits per heavy atom. The fourth-order valence-corrected chi connectivity index (χ4v) is 3.53. The van der Waals surface area contributed by atoms with Gasteiger partial charge in [-0.3, -0.25) is 4.98 Å². The zero-order chi connectivity index (χ0) is 21.0. The molecule has 0 amide bonds. The lowest BCUT2D eigenvalue weighted by Gasteiger charge is -2.11. The molecule has 0 aliphatic heterocycles. The minimum absolute atomic E-state index is 0.0597. The summed E-state index contributed by atoms with van der Waals surface area (Å²) in [5.74, 6) is -0.0962. The van der Waals surface area contributed by atoms with Crippen LogP contribution in [-0.2, 0) is 10.0 Å². The molecule has 2 aromatic heterocycles. The van der Waals surface area contributed by atoms with Gasteiger partial charge in [0.15, 0.2) is 0 Å². The minimum atomic E-state index is -3.92. The van der Waals surface area contributed by atoms with Crippen molar-refractivity contribution in [3.63, 3.8) is 0 Å². The molecule has 4 aromatic rings. The predicted molar refractivity (Wildman–Crippen MR) is 109 cm³/mol. The molecule has 30 heavy (non-hydrogen) atoms. The predicted octanol–water partition coefficient (Wildman–Crippen LogP) is 4.27. The average molecular weight is 422 g/mol. The third-order valence-corrected chi connectivity index (χ3v) is 5.28. The number of hydrogen-bond acceptors (Lipinski definition) is 6. The molecule has 0 aliphatic rings. The highest BCUT2D eigenvalue weighted by molar-refractivity contribution is 7.92. The smallest absolute Gasteiger partial charge is 0.264 e. The van der Waals surface area contributed by atoms with Crippen LogP contribution in [0, 0.1) is 5.82 Å². The molecule has 0 fully saturated rings. The molecule has 0 bridgehead atoms. The molecular weight excluding hydrogens is 407 g/mol. The first-order chi connectivity index (χ1) is 14.5. The van der Waals surface area contributed by atoms with E-state index in [4.69, 9.17) is 4.74 Å². The second-order valence-electron chi connectivity index (χ2n) is 6.11. The van der Waals surface area contributed by atoms with Crippen LogP contribution in [0.3, 0.4) is 0 Å². The normalized spacial score (nSPS) is 11.1. The number of halogens is 1. The summed E-state index contributed by atoms with van der Waals surface area (Å²) in [6.07, 6.45) is 1.04. The standard InChI is InChI=1S/C21H15FN4O3S/c22-15-11-12-18(23-14-15)19-13-20(29-16-7-3-1-4-8-16)25-21(24-19)26-30(27,28)17-9-5-2-6-10-17/h1-14H,(H,24,25,26). The van der Waals surface area contributed by atoms with Crippen molar-refractivity contribution in [2.45, 2.75) is 4.90 Å². The van der Waals surface area contributed by atoms with Gasteiger partial charge in [-0.2, -0.15) is 4.98 Å². The molecule has 0 unspecified atom stereocenters. The Morgan fingerprint density at radius 1 is 0.833 bits per heavy atom. The van der Waals surface area contributed by atoms with Crippen molar-refractivity contribution in [3.05, 3.63) is 90.9 Å². The van der Waals surface area contributed by atoms with Gasteiger partial charge < -0.3 is 4.74 Å². The summed E-state index contributed by atoms with van der Waals surface area (Å²) in [6.45, 7) is 0. The van der Waals surface area contributed by atoms with E-state index in [1.807, 2.05) is 6.07 Å². The van der Waals surface area contributed by atoms with Gasteiger partial charge in [0.2, 0.25) is 11.8 Å². The van der Waals surface area contributed by atoms with Crippen LogP contribution >= 0.6 is 0 Å². The van der Waals surface area contributed by atoms with Crippen molar-refractivity contribution in [3.8, 4) is 23.0 Å². The van der Waals surface area contributed by atoms with E-state index < -0.39 is 15.8 Å².